The molecule has 0 aliphatic carbocycles. The van der Waals surface area contributed by atoms with Gasteiger partial charge >= 0.3 is 0 Å². The molecular formula is C10H11F2N3O2. The van der Waals surface area contributed by atoms with E-state index < -0.39 is 29.4 Å². The van der Waals surface area contributed by atoms with Crippen molar-refractivity contribution in [3.63, 3.8) is 0 Å². The van der Waals surface area contributed by atoms with Crippen LogP contribution in [-0.4, -0.2) is 22.9 Å². The topological polar surface area (TPSA) is 89.2 Å². The zero-order valence-corrected chi connectivity index (χ0v) is 8.79. The fourth-order valence-electron chi connectivity index (χ4n) is 1.38. The van der Waals surface area contributed by atoms with Gasteiger partial charge in [0.25, 0.3) is 0 Å². The fourth-order valence-corrected chi connectivity index (χ4v) is 1.38. The molecule has 0 aliphatic rings. The first-order chi connectivity index (χ1) is 8.07. The molecule has 1 aromatic carbocycles. The van der Waals surface area contributed by atoms with Crippen LogP contribution in [0.1, 0.15) is 18.1 Å². The van der Waals surface area contributed by atoms with Crippen molar-refractivity contribution in [1.29, 1.82) is 0 Å². The molecule has 0 aliphatic heterocycles. The van der Waals surface area contributed by atoms with E-state index in [1.54, 1.807) is 0 Å². The van der Waals surface area contributed by atoms with Crippen LogP contribution in [0.25, 0.3) is 10.4 Å². The van der Waals surface area contributed by atoms with Crippen LogP contribution in [-0.2, 0) is 0 Å². The normalized spacial score (nSPS) is 13.9. The molecular weight excluding hydrogens is 232 g/mol. The summed E-state index contributed by atoms with van der Waals surface area (Å²) in [4.78, 5) is 2.46. The number of benzene rings is 1. The molecule has 2 N–H and O–H groups in total. The second kappa shape index (κ2) is 6.15. The summed E-state index contributed by atoms with van der Waals surface area (Å²) in [5.74, 6) is -1.86. The number of aliphatic hydroxyl groups is 2. The SMILES string of the molecule is [N-]=[N+]=NCCC(O)C(O)c1c(F)cccc1F. The van der Waals surface area contributed by atoms with E-state index in [0.29, 0.717) is 0 Å². The molecule has 0 radical (unpaired) electrons. The molecule has 2 unspecified atom stereocenters. The summed E-state index contributed by atoms with van der Waals surface area (Å²) in [6.45, 7) is -0.0647. The minimum absolute atomic E-state index is 0.0647. The Morgan fingerprint density at radius 3 is 2.41 bits per heavy atom. The first-order valence-corrected chi connectivity index (χ1v) is 4.88. The number of hydrogen-bond acceptors (Lipinski definition) is 3. The highest BCUT2D eigenvalue weighted by Gasteiger charge is 2.24. The van der Waals surface area contributed by atoms with Crippen molar-refractivity contribution in [2.75, 3.05) is 6.54 Å². The Bertz CT molecular complexity index is 415. The highest BCUT2D eigenvalue weighted by atomic mass is 19.1. The molecule has 7 heteroatoms. The minimum Gasteiger partial charge on any atom is -0.390 e. The van der Waals surface area contributed by atoms with Crippen molar-refractivity contribution in [1.82, 2.24) is 0 Å². The predicted octanol–water partition coefficient (Wildman–Crippen LogP) is 2.06. The Labute approximate surface area is 95.9 Å². The van der Waals surface area contributed by atoms with Crippen molar-refractivity contribution in [2.24, 2.45) is 5.11 Å². The van der Waals surface area contributed by atoms with E-state index in [-0.39, 0.29) is 13.0 Å². The van der Waals surface area contributed by atoms with Gasteiger partial charge in [0.05, 0.1) is 11.7 Å². The summed E-state index contributed by atoms with van der Waals surface area (Å²) in [5.41, 5.74) is 7.43. The van der Waals surface area contributed by atoms with Gasteiger partial charge in [-0.05, 0) is 24.1 Å². The largest absolute Gasteiger partial charge is 0.390 e. The highest BCUT2D eigenvalue weighted by Crippen LogP contribution is 2.24. The van der Waals surface area contributed by atoms with Gasteiger partial charge < -0.3 is 10.2 Å². The van der Waals surface area contributed by atoms with Crippen LogP contribution < -0.4 is 0 Å². The zero-order valence-electron chi connectivity index (χ0n) is 8.79. The first-order valence-electron chi connectivity index (χ1n) is 4.88. The molecule has 92 valence electrons. The molecule has 0 aromatic heterocycles. The quantitative estimate of drug-likeness (QED) is 0.471. The van der Waals surface area contributed by atoms with Crippen molar-refractivity contribution < 1.29 is 19.0 Å². The number of hydrogen-bond donors (Lipinski definition) is 2. The number of rotatable bonds is 5. The Morgan fingerprint density at radius 2 is 1.88 bits per heavy atom. The van der Waals surface area contributed by atoms with Crippen molar-refractivity contribution in [2.45, 2.75) is 18.6 Å². The van der Waals surface area contributed by atoms with Crippen LogP contribution >= 0.6 is 0 Å². The molecule has 0 saturated heterocycles. The van der Waals surface area contributed by atoms with E-state index in [1.165, 1.54) is 0 Å². The smallest absolute Gasteiger partial charge is 0.132 e. The summed E-state index contributed by atoms with van der Waals surface area (Å²) >= 11 is 0. The van der Waals surface area contributed by atoms with E-state index in [0.717, 1.165) is 18.2 Å². The van der Waals surface area contributed by atoms with Crippen LogP contribution in [0.15, 0.2) is 23.3 Å². The van der Waals surface area contributed by atoms with Gasteiger partial charge in [0, 0.05) is 11.5 Å². The molecule has 5 nitrogen and oxygen atoms in total. The molecule has 0 fully saturated rings. The third-order valence-corrected chi connectivity index (χ3v) is 2.25. The monoisotopic (exact) mass is 243 g/mol. The number of azide groups is 1. The maximum Gasteiger partial charge on any atom is 0.132 e. The van der Waals surface area contributed by atoms with E-state index in [2.05, 4.69) is 10.0 Å². The van der Waals surface area contributed by atoms with Crippen molar-refractivity contribution in [3.05, 3.63) is 45.8 Å². The summed E-state index contributed by atoms with van der Waals surface area (Å²) in [6, 6.07) is 3.14. The van der Waals surface area contributed by atoms with Crippen LogP contribution in [0, 0.1) is 11.6 Å². The predicted molar refractivity (Wildman–Crippen MR) is 56.0 cm³/mol. The van der Waals surface area contributed by atoms with Gasteiger partial charge in [0.15, 0.2) is 0 Å². The molecule has 0 amide bonds. The molecule has 1 aromatic rings. The van der Waals surface area contributed by atoms with Gasteiger partial charge in [0.2, 0.25) is 0 Å². The average molecular weight is 243 g/mol. The average Bonchev–Trinajstić information content (AvgIpc) is 2.28. The second-order valence-electron chi connectivity index (χ2n) is 3.39. The van der Waals surface area contributed by atoms with Gasteiger partial charge in [-0.1, -0.05) is 11.2 Å². The van der Waals surface area contributed by atoms with E-state index in [1.807, 2.05) is 0 Å². The summed E-state index contributed by atoms with van der Waals surface area (Å²) in [7, 11) is 0. The third-order valence-electron chi connectivity index (χ3n) is 2.25. The maximum atomic E-state index is 13.3. The number of halogens is 2. The summed E-state index contributed by atoms with van der Waals surface area (Å²) < 4.78 is 26.5. The van der Waals surface area contributed by atoms with Gasteiger partial charge in [-0.2, -0.15) is 0 Å². The lowest BCUT2D eigenvalue weighted by atomic mass is 10.0. The number of nitrogens with zero attached hydrogens (tertiary/aromatic N) is 3. The maximum absolute atomic E-state index is 13.3. The fraction of sp³-hybridized carbons (Fsp3) is 0.400. The Hall–Kier alpha value is -1.69. The zero-order chi connectivity index (χ0) is 12.8. The molecule has 0 saturated carbocycles. The molecule has 0 bridgehead atoms. The minimum atomic E-state index is -1.69. The molecule has 2 atom stereocenters. The van der Waals surface area contributed by atoms with E-state index >= 15 is 0 Å². The van der Waals surface area contributed by atoms with Gasteiger partial charge in [-0.15, -0.1) is 0 Å². The van der Waals surface area contributed by atoms with Crippen LogP contribution in [0.4, 0.5) is 8.78 Å². The standard InChI is InChI=1S/C10H11F2N3O2/c11-6-2-1-3-7(12)9(6)10(17)8(16)4-5-14-15-13/h1-3,8,10,16-17H,4-5H2. The molecule has 1 rings (SSSR count). The van der Waals surface area contributed by atoms with Gasteiger partial charge in [0.1, 0.15) is 17.7 Å². The molecule has 0 spiro atoms. The summed E-state index contributed by atoms with van der Waals surface area (Å²) in [5, 5.41) is 22.2. The lowest BCUT2D eigenvalue weighted by Gasteiger charge is -2.18. The van der Waals surface area contributed by atoms with Crippen LogP contribution in [0.5, 0.6) is 0 Å². The highest BCUT2D eigenvalue weighted by molar-refractivity contribution is 5.22. The molecule has 17 heavy (non-hydrogen) atoms. The van der Waals surface area contributed by atoms with Gasteiger partial charge in [-0.3, -0.25) is 0 Å². The lowest BCUT2D eigenvalue weighted by Crippen LogP contribution is -2.21. The Morgan fingerprint density at radius 1 is 1.29 bits per heavy atom. The van der Waals surface area contributed by atoms with Gasteiger partial charge in [-0.25, -0.2) is 8.78 Å². The third kappa shape index (κ3) is 3.39. The lowest BCUT2D eigenvalue weighted by molar-refractivity contribution is 0.0108. The van der Waals surface area contributed by atoms with Crippen molar-refractivity contribution in [3.8, 4) is 0 Å². The van der Waals surface area contributed by atoms with Crippen LogP contribution in [0.2, 0.25) is 0 Å². The number of aliphatic hydroxyl groups excluding tert-OH is 2. The second-order valence-corrected chi connectivity index (χ2v) is 3.39. The first kappa shape index (κ1) is 13.4. The Kier molecular flexibility index (Phi) is 4.84. The van der Waals surface area contributed by atoms with E-state index in [4.69, 9.17) is 5.53 Å². The van der Waals surface area contributed by atoms with Crippen LogP contribution in [0.3, 0.4) is 0 Å². The summed E-state index contributed by atoms with van der Waals surface area (Å²) in [6.07, 6.45) is -3.17. The van der Waals surface area contributed by atoms with Crippen molar-refractivity contribution >= 4 is 0 Å². The molecule has 0 heterocycles. The Balaban J connectivity index is 2.81. The van der Waals surface area contributed by atoms with E-state index in [9.17, 15) is 19.0 Å².